The Labute approximate surface area is 187 Å². The number of ether oxygens (including phenoxy) is 2. The minimum Gasteiger partial charge on any atom is -0.497 e. The molecule has 0 spiro atoms. The van der Waals surface area contributed by atoms with Crippen molar-refractivity contribution < 1.29 is 19.1 Å². The zero-order valence-corrected chi connectivity index (χ0v) is 18.3. The molecule has 4 aromatic rings. The van der Waals surface area contributed by atoms with Crippen LogP contribution in [0.5, 0.6) is 5.75 Å². The Balaban J connectivity index is 1.44. The van der Waals surface area contributed by atoms with Crippen molar-refractivity contribution in [3.8, 4) is 11.4 Å². The third kappa shape index (κ3) is 4.55. The standard InChI is InChI=1S/C22H18ClN3O4S/c1-13-18-11-19(31-21(18)26(25-13)16-7-3-14(23)4-8-16)22(28)30-12-20(27)24-15-5-9-17(29-2)10-6-15/h3-11H,12H2,1-2H3,(H,24,27). The maximum atomic E-state index is 12.5. The molecule has 0 bridgehead atoms. The summed E-state index contributed by atoms with van der Waals surface area (Å²) in [5.41, 5.74) is 2.21. The van der Waals surface area contributed by atoms with Gasteiger partial charge in [0.1, 0.15) is 15.5 Å². The van der Waals surface area contributed by atoms with Crippen LogP contribution in [0.3, 0.4) is 0 Å². The number of nitrogens with one attached hydrogen (secondary N) is 1. The molecule has 0 unspecified atom stereocenters. The number of aromatic nitrogens is 2. The van der Waals surface area contributed by atoms with Crippen LogP contribution in [0, 0.1) is 6.92 Å². The van der Waals surface area contributed by atoms with Crippen molar-refractivity contribution >= 4 is 50.7 Å². The number of fused-ring (bicyclic) bond motifs is 1. The molecule has 0 aliphatic carbocycles. The third-order valence-corrected chi connectivity index (χ3v) is 5.87. The van der Waals surface area contributed by atoms with E-state index in [0.717, 1.165) is 21.6 Å². The van der Waals surface area contributed by atoms with E-state index < -0.39 is 11.9 Å². The van der Waals surface area contributed by atoms with Crippen LogP contribution in [-0.4, -0.2) is 35.4 Å². The number of amides is 1. The molecule has 0 saturated heterocycles. The van der Waals surface area contributed by atoms with Crippen molar-refractivity contribution in [2.45, 2.75) is 6.92 Å². The fraction of sp³-hybridized carbons (Fsp3) is 0.136. The van der Waals surface area contributed by atoms with Gasteiger partial charge in [0.05, 0.1) is 18.5 Å². The van der Waals surface area contributed by atoms with Crippen molar-refractivity contribution in [2.75, 3.05) is 19.0 Å². The lowest BCUT2D eigenvalue weighted by Gasteiger charge is -2.07. The van der Waals surface area contributed by atoms with Gasteiger partial charge in [-0.3, -0.25) is 4.79 Å². The molecule has 2 aromatic heterocycles. The predicted octanol–water partition coefficient (Wildman–Crippen LogP) is 4.85. The van der Waals surface area contributed by atoms with Gasteiger partial charge in [-0.05, 0) is 61.5 Å². The van der Waals surface area contributed by atoms with Gasteiger partial charge in [-0.25, -0.2) is 9.48 Å². The molecule has 4 rings (SSSR count). The first-order valence-corrected chi connectivity index (χ1v) is 10.5. The van der Waals surface area contributed by atoms with E-state index in [-0.39, 0.29) is 6.61 Å². The molecule has 31 heavy (non-hydrogen) atoms. The molecule has 0 saturated carbocycles. The first kappa shape index (κ1) is 20.9. The number of carbonyl (C=O) groups is 2. The lowest BCUT2D eigenvalue weighted by atomic mass is 10.3. The first-order chi connectivity index (χ1) is 14.9. The van der Waals surface area contributed by atoms with Gasteiger partial charge in [0.2, 0.25) is 0 Å². The summed E-state index contributed by atoms with van der Waals surface area (Å²) >= 11 is 7.23. The Hall–Kier alpha value is -3.36. The second-order valence-corrected chi connectivity index (χ2v) is 8.12. The first-order valence-electron chi connectivity index (χ1n) is 9.31. The van der Waals surface area contributed by atoms with E-state index in [1.807, 2.05) is 19.1 Å². The molecule has 2 heterocycles. The molecule has 9 heteroatoms. The highest BCUT2D eigenvalue weighted by molar-refractivity contribution is 7.20. The van der Waals surface area contributed by atoms with Gasteiger partial charge in [0.25, 0.3) is 5.91 Å². The normalized spacial score (nSPS) is 10.8. The van der Waals surface area contributed by atoms with Crippen LogP contribution in [0.4, 0.5) is 5.69 Å². The number of thiophene rings is 1. The number of benzene rings is 2. The largest absolute Gasteiger partial charge is 0.497 e. The summed E-state index contributed by atoms with van der Waals surface area (Å²) in [4.78, 5) is 25.8. The van der Waals surface area contributed by atoms with E-state index in [4.69, 9.17) is 21.1 Å². The molecular weight excluding hydrogens is 438 g/mol. The number of esters is 1. The van der Waals surface area contributed by atoms with Crippen molar-refractivity contribution in [3.05, 3.63) is 70.2 Å². The maximum absolute atomic E-state index is 12.5. The molecule has 1 amide bonds. The fourth-order valence-corrected chi connectivity index (χ4v) is 4.18. The molecule has 1 N–H and O–H groups in total. The monoisotopic (exact) mass is 455 g/mol. The zero-order valence-electron chi connectivity index (χ0n) is 16.7. The highest BCUT2D eigenvalue weighted by Gasteiger charge is 2.19. The van der Waals surface area contributed by atoms with Crippen molar-refractivity contribution in [1.82, 2.24) is 9.78 Å². The molecule has 2 aromatic carbocycles. The molecule has 0 fully saturated rings. The molecular formula is C22H18ClN3O4S. The number of carbonyl (C=O) groups excluding carboxylic acids is 2. The summed E-state index contributed by atoms with van der Waals surface area (Å²) in [7, 11) is 1.57. The van der Waals surface area contributed by atoms with Crippen LogP contribution in [0.2, 0.25) is 5.02 Å². The number of methoxy groups -OCH3 is 1. The Morgan fingerprint density at radius 2 is 1.84 bits per heavy atom. The summed E-state index contributed by atoms with van der Waals surface area (Å²) in [6.07, 6.45) is 0. The average Bonchev–Trinajstić information content (AvgIpc) is 3.34. The number of halogens is 1. The highest BCUT2D eigenvalue weighted by atomic mass is 35.5. The number of anilines is 1. The lowest BCUT2D eigenvalue weighted by Crippen LogP contribution is -2.20. The van der Waals surface area contributed by atoms with E-state index in [0.29, 0.717) is 21.3 Å². The summed E-state index contributed by atoms with van der Waals surface area (Å²) in [5.74, 6) is -0.307. The van der Waals surface area contributed by atoms with Crippen molar-refractivity contribution in [2.24, 2.45) is 0 Å². The molecule has 0 atom stereocenters. The quantitative estimate of drug-likeness (QED) is 0.420. The number of rotatable bonds is 6. The Morgan fingerprint density at radius 1 is 1.13 bits per heavy atom. The molecule has 7 nitrogen and oxygen atoms in total. The van der Waals surface area contributed by atoms with Gasteiger partial charge in [-0.2, -0.15) is 5.10 Å². The molecule has 0 aliphatic rings. The van der Waals surface area contributed by atoms with Crippen LogP contribution in [0.15, 0.2) is 54.6 Å². The summed E-state index contributed by atoms with van der Waals surface area (Å²) in [6.45, 7) is 1.49. The van der Waals surface area contributed by atoms with E-state index in [1.165, 1.54) is 11.3 Å². The minimum atomic E-state index is -0.562. The maximum Gasteiger partial charge on any atom is 0.348 e. The van der Waals surface area contributed by atoms with Gasteiger partial charge in [0, 0.05) is 16.1 Å². The predicted molar refractivity (Wildman–Crippen MR) is 121 cm³/mol. The van der Waals surface area contributed by atoms with Crippen LogP contribution >= 0.6 is 22.9 Å². The Bertz CT molecular complexity index is 1250. The number of hydrogen-bond acceptors (Lipinski definition) is 6. The molecule has 158 valence electrons. The average molecular weight is 456 g/mol. The second kappa shape index (κ2) is 8.79. The summed E-state index contributed by atoms with van der Waals surface area (Å²) in [5, 5.41) is 8.70. The Kier molecular flexibility index (Phi) is 5.92. The number of aryl methyl sites for hydroxylation is 1. The van der Waals surface area contributed by atoms with E-state index in [1.54, 1.807) is 54.3 Å². The summed E-state index contributed by atoms with van der Waals surface area (Å²) in [6, 6.07) is 15.9. The van der Waals surface area contributed by atoms with Gasteiger partial charge in [-0.1, -0.05) is 11.6 Å². The van der Waals surface area contributed by atoms with Gasteiger partial charge >= 0.3 is 5.97 Å². The molecule has 0 radical (unpaired) electrons. The lowest BCUT2D eigenvalue weighted by molar-refractivity contribution is -0.119. The van der Waals surface area contributed by atoms with E-state index in [9.17, 15) is 9.59 Å². The van der Waals surface area contributed by atoms with Crippen LogP contribution < -0.4 is 10.1 Å². The van der Waals surface area contributed by atoms with E-state index >= 15 is 0 Å². The number of nitrogens with zero attached hydrogens (tertiary/aromatic N) is 2. The SMILES string of the molecule is COc1ccc(NC(=O)COC(=O)c2cc3c(C)nn(-c4ccc(Cl)cc4)c3s2)cc1. The second-order valence-electron chi connectivity index (χ2n) is 6.66. The van der Waals surface area contributed by atoms with E-state index in [2.05, 4.69) is 10.4 Å². The fourth-order valence-electron chi connectivity index (χ4n) is 2.98. The van der Waals surface area contributed by atoms with Crippen molar-refractivity contribution in [1.29, 1.82) is 0 Å². The van der Waals surface area contributed by atoms with Gasteiger partial charge in [0.15, 0.2) is 6.61 Å². The minimum absolute atomic E-state index is 0.388. The molecule has 0 aliphatic heterocycles. The van der Waals surface area contributed by atoms with Crippen LogP contribution in [-0.2, 0) is 9.53 Å². The zero-order chi connectivity index (χ0) is 22.0. The topological polar surface area (TPSA) is 82.4 Å². The third-order valence-electron chi connectivity index (χ3n) is 4.53. The smallest absolute Gasteiger partial charge is 0.348 e. The van der Waals surface area contributed by atoms with Crippen LogP contribution in [0.1, 0.15) is 15.4 Å². The highest BCUT2D eigenvalue weighted by Crippen LogP contribution is 2.31. The van der Waals surface area contributed by atoms with Crippen LogP contribution in [0.25, 0.3) is 15.9 Å². The van der Waals surface area contributed by atoms with Gasteiger partial charge in [-0.15, -0.1) is 11.3 Å². The van der Waals surface area contributed by atoms with Gasteiger partial charge < -0.3 is 14.8 Å². The Morgan fingerprint density at radius 3 is 2.52 bits per heavy atom. The number of hydrogen-bond donors (Lipinski definition) is 1. The van der Waals surface area contributed by atoms with Crippen molar-refractivity contribution in [3.63, 3.8) is 0 Å². The summed E-state index contributed by atoms with van der Waals surface area (Å²) < 4.78 is 12.0.